The molecule has 0 heterocycles. The van der Waals surface area contributed by atoms with Crippen molar-refractivity contribution in [3.63, 3.8) is 0 Å². The van der Waals surface area contributed by atoms with Gasteiger partial charge in [-0.1, -0.05) is 15.9 Å². The predicted molar refractivity (Wildman–Crippen MR) is 58.3 cm³/mol. The van der Waals surface area contributed by atoms with Crippen LogP contribution in [0.15, 0.2) is 16.6 Å². The summed E-state index contributed by atoms with van der Waals surface area (Å²) in [6, 6.07) is 3.29. The molecule has 0 atom stereocenters. The van der Waals surface area contributed by atoms with Crippen LogP contribution in [0.5, 0.6) is 5.75 Å². The van der Waals surface area contributed by atoms with E-state index in [1.54, 1.807) is 13.0 Å². The first-order chi connectivity index (χ1) is 7.06. The molecule has 0 saturated heterocycles. The molecule has 1 N–H and O–H groups in total. The fourth-order valence-electron chi connectivity index (χ4n) is 1.20. The molecule has 0 spiro atoms. The highest BCUT2D eigenvalue weighted by molar-refractivity contribution is 9.10. The summed E-state index contributed by atoms with van der Waals surface area (Å²) >= 11 is 3.23. The molecule has 5 heteroatoms. The van der Waals surface area contributed by atoms with Gasteiger partial charge in [0.25, 0.3) is 0 Å². The molecular formula is C10H11BrO4. The van der Waals surface area contributed by atoms with Crippen molar-refractivity contribution in [3.8, 4) is 5.75 Å². The van der Waals surface area contributed by atoms with Crippen LogP contribution in [0.2, 0.25) is 0 Å². The third-order valence-electron chi connectivity index (χ3n) is 1.79. The highest BCUT2D eigenvalue weighted by atomic mass is 79.9. The first kappa shape index (κ1) is 12.0. The van der Waals surface area contributed by atoms with Crippen molar-refractivity contribution in [2.45, 2.75) is 6.92 Å². The van der Waals surface area contributed by atoms with Crippen LogP contribution in [0.25, 0.3) is 0 Å². The summed E-state index contributed by atoms with van der Waals surface area (Å²) in [5.74, 6) is -0.682. The third-order valence-corrected chi connectivity index (χ3v) is 2.25. The molecule has 0 unspecified atom stereocenters. The normalized spacial score (nSPS) is 10.1. The topological polar surface area (TPSA) is 55.8 Å². The Balaban J connectivity index is 3.15. The molecule has 1 aromatic carbocycles. The summed E-state index contributed by atoms with van der Waals surface area (Å²) in [6.45, 7) is 1.81. The predicted octanol–water partition coefficient (Wildman–Crippen LogP) is 2.44. The van der Waals surface area contributed by atoms with Crippen molar-refractivity contribution in [2.75, 3.05) is 13.9 Å². The number of aromatic carboxylic acids is 1. The minimum absolute atomic E-state index is 0.0305. The van der Waals surface area contributed by atoms with Gasteiger partial charge in [0.05, 0.1) is 0 Å². The highest BCUT2D eigenvalue weighted by Crippen LogP contribution is 2.28. The van der Waals surface area contributed by atoms with Crippen LogP contribution in [-0.2, 0) is 4.74 Å². The van der Waals surface area contributed by atoms with Gasteiger partial charge in [-0.2, -0.15) is 0 Å². The summed E-state index contributed by atoms with van der Waals surface area (Å²) in [5, 5.41) is 8.97. The van der Waals surface area contributed by atoms with Gasteiger partial charge in [0.2, 0.25) is 0 Å². The van der Waals surface area contributed by atoms with Crippen LogP contribution < -0.4 is 4.74 Å². The first-order valence-electron chi connectivity index (χ1n) is 4.21. The molecule has 1 rings (SSSR count). The van der Waals surface area contributed by atoms with Gasteiger partial charge in [0.15, 0.2) is 6.79 Å². The van der Waals surface area contributed by atoms with E-state index in [4.69, 9.17) is 14.6 Å². The van der Waals surface area contributed by atoms with Crippen molar-refractivity contribution in [3.05, 3.63) is 27.7 Å². The lowest BCUT2D eigenvalue weighted by Gasteiger charge is -2.11. The molecule has 1 aromatic rings. The van der Waals surface area contributed by atoms with E-state index < -0.39 is 5.97 Å². The number of hydrogen-bond acceptors (Lipinski definition) is 3. The Kier molecular flexibility index (Phi) is 4.11. The Bertz CT molecular complexity index is 376. The van der Waals surface area contributed by atoms with E-state index in [0.717, 1.165) is 5.56 Å². The Labute approximate surface area is 95.9 Å². The van der Waals surface area contributed by atoms with E-state index in [9.17, 15) is 4.79 Å². The van der Waals surface area contributed by atoms with Gasteiger partial charge in [-0.25, -0.2) is 4.79 Å². The quantitative estimate of drug-likeness (QED) is 0.857. The first-order valence-corrected chi connectivity index (χ1v) is 5.00. The number of benzene rings is 1. The monoisotopic (exact) mass is 274 g/mol. The van der Waals surface area contributed by atoms with Crippen molar-refractivity contribution in [2.24, 2.45) is 0 Å². The molecular weight excluding hydrogens is 264 g/mol. The summed E-state index contributed by atoms with van der Waals surface area (Å²) in [6.07, 6.45) is 0. The number of hydrogen-bond donors (Lipinski definition) is 1. The minimum Gasteiger partial charge on any atom is -0.478 e. The fourth-order valence-corrected chi connectivity index (χ4v) is 1.77. The summed E-state index contributed by atoms with van der Waals surface area (Å²) in [4.78, 5) is 10.9. The SMILES string of the molecule is COCOc1c(C)cc(Br)cc1C(=O)O. The van der Waals surface area contributed by atoms with E-state index in [2.05, 4.69) is 15.9 Å². The van der Waals surface area contributed by atoms with E-state index >= 15 is 0 Å². The average Bonchev–Trinajstić information content (AvgIpc) is 2.15. The Morgan fingerprint density at radius 1 is 1.53 bits per heavy atom. The molecule has 0 aliphatic rings. The third kappa shape index (κ3) is 2.94. The maximum atomic E-state index is 10.9. The van der Waals surface area contributed by atoms with Crippen molar-refractivity contribution in [1.29, 1.82) is 0 Å². The van der Waals surface area contributed by atoms with Crippen molar-refractivity contribution in [1.82, 2.24) is 0 Å². The van der Waals surface area contributed by atoms with Crippen molar-refractivity contribution < 1.29 is 19.4 Å². The van der Waals surface area contributed by atoms with Gasteiger partial charge in [0, 0.05) is 11.6 Å². The van der Waals surface area contributed by atoms with E-state index in [0.29, 0.717) is 10.2 Å². The van der Waals surface area contributed by atoms with Crippen molar-refractivity contribution >= 4 is 21.9 Å². The molecule has 0 aromatic heterocycles. The van der Waals surface area contributed by atoms with Gasteiger partial charge >= 0.3 is 5.97 Å². The lowest BCUT2D eigenvalue weighted by Crippen LogP contribution is -2.07. The molecule has 0 saturated carbocycles. The zero-order valence-electron chi connectivity index (χ0n) is 8.41. The highest BCUT2D eigenvalue weighted by Gasteiger charge is 2.14. The largest absolute Gasteiger partial charge is 0.478 e. The Morgan fingerprint density at radius 3 is 2.73 bits per heavy atom. The van der Waals surface area contributed by atoms with E-state index in [1.807, 2.05) is 0 Å². The molecule has 0 amide bonds. The maximum Gasteiger partial charge on any atom is 0.339 e. The molecule has 82 valence electrons. The van der Waals surface area contributed by atoms with E-state index in [1.165, 1.54) is 13.2 Å². The molecule has 0 aliphatic heterocycles. The van der Waals surface area contributed by atoms with Crippen LogP contribution >= 0.6 is 15.9 Å². The van der Waals surface area contributed by atoms with Gasteiger partial charge in [0.1, 0.15) is 11.3 Å². The van der Waals surface area contributed by atoms with Gasteiger partial charge in [-0.15, -0.1) is 0 Å². The number of carbonyl (C=O) groups is 1. The minimum atomic E-state index is -1.02. The lowest BCUT2D eigenvalue weighted by molar-refractivity contribution is 0.0478. The van der Waals surface area contributed by atoms with Crippen LogP contribution in [0.4, 0.5) is 0 Å². The van der Waals surface area contributed by atoms with Gasteiger partial charge < -0.3 is 14.6 Å². The van der Waals surface area contributed by atoms with Gasteiger partial charge in [-0.3, -0.25) is 0 Å². The number of carboxylic acid groups (broad SMARTS) is 1. The zero-order valence-corrected chi connectivity index (χ0v) is 10.00. The smallest absolute Gasteiger partial charge is 0.339 e. The summed E-state index contributed by atoms with van der Waals surface area (Å²) < 4.78 is 10.7. The second-order valence-electron chi connectivity index (χ2n) is 2.96. The summed E-state index contributed by atoms with van der Waals surface area (Å²) in [5.41, 5.74) is 0.873. The van der Waals surface area contributed by atoms with Crippen LogP contribution in [0.3, 0.4) is 0 Å². The molecule has 0 radical (unpaired) electrons. The fraction of sp³-hybridized carbons (Fsp3) is 0.300. The summed E-state index contributed by atoms with van der Waals surface area (Å²) in [7, 11) is 1.48. The number of aryl methyl sites for hydroxylation is 1. The second-order valence-corrected chi connectivity index (χ2v) is 3.87. The average molecular weight is 275 g/mol. The molecule has 0 fully saturated rings. The lowest BCUT2D eigenvalue weighted by atomic mass is 10.1. The number of carboxylic acids is 1. The number of methoxy groups -OCH3 is 1. The maximum absolute atomic E-state index is 10.9. The zero-order chi connectivity index (χ0) is 11.4. The second kappa shape index (κ2) is 5.14. The van der Waals surface area contributed by atoms with Crippen LogP contribution in [0.1, 0.15) is 15.9 Å². The Morgan fingerprint density at radius 2 is 2.20 bits per heavy atom. The Hall–Kier alpha value is -1.07. The van der Waals surface area contributed by atoms with Gasteiger partial charge in [-0.05, 0) is 24.6 Å². The molecule has 4 nitrogen and oxygen atoms in total. The van der Waals surface area contributed by atoms with E-state index in [-0.39, 0.29) is 12.4 Å². The number of ether oxygens (including phenoxy) is 2. The standard InChI is InChI=1S/C10H11BrO4/c1-6-3-7(11)4-8(10(12)13)9(6)15-5-14-2/h3-4H,5H2,1-2H3,(H,12,13). The number of halogens is 1. The van der Waals surface area contributed by atoms with Crippen LogP contribution in [-0.4, -0.2) is 25.0 Å². The number of rotatable bonds is 4. The molecule has 0 bridgehead atoms. The molecule has 0 aliphatic carbocycles. The molecule has 15 heavy (non-hydrogen) atoms. The van der Waals surface area contributed by atoms with Crippen LogP contribution in [0, 0.1) is 6.92 Å².